The molecule has 4 heterocycles. The third-order valence-electron chi connectivity index (χ3n) is 7.18. The Morgan fingerprint density at radius 1 is 1.15 bits per heavy atom. The SMILES string of the molecule is CC(C)(C)OC(=O)N1CCN2C(=O)c3c(N4CC(=O)CC4(C)C)nc(-c4ccccc4F)c(F)c3OC[C@H]2C1. The van der Waals surface area contributed by atoms with E-state index in [0.29, 0.717) is 0 Å². The highest BCUT2D eigenvalue weighted by Gasteiger charge is 2.45. The molecule has 5 rings (SSSR count). The lowest BCUT2D eigenvalue weighted by atomic mass is 10.00. The molecule has 1 aromatic heterocycles. The second kappa shape index (κ2) is 9.46. The molecule has 1 atom stereocenters. The van der Waals surface area contributed by atoms with Gasteiger partial charge in [0.25, 0.3) is 5.91 Å². The van der Waals surface area contributed by atoms with Gasteiger partial charge in [0.15, 0.2) is 17.3 Å². The fourth-order valence-electron chi connectivity index (χ4n) is 5.35. The Morgan fingerprint density at radius 3 is 2.51 bits per heavy atom. The number of hydrogen-bond acceptors (Lipinski definition) is 7. The fourth-order valence-corrected chi connectivity index (χ4v) is 5.35. The van der Waals surface area contributed by atoms with Gasteiger partial charge in [0.2, 0.25) is 0 Å². The van der Waals surface area contributed by atoms with Gasteiger partial charge in [0.1, 0.15) is 35.1 Å². The highest BCUT2D eigenvalue weighted by atomic mass is 19.1. The number of amides is 2. The zero-order valence-electron chi connectivity index (χ0n) is 22.7. The summed E-state index contributed by atoms with van der Waals surface area (Å²) in [7, 11) is 0. The van der Waals surface area contributed by atoms with Crippen LogP contribution in [0.5, 0.6) is 5.75 Å². The van der Waals surface area contributed by atoms with Crippen molar-refractivity contribution in [3.63, 3.8) is 0 Å². The summed E-state index contributed by atoms with van der Waals surface area (Å²) in [6.07, 6.45) is -0.300. The van der Waals surface area contributed by atoms with Crippen molar-refractivity contribution in [1.82, 2.24) is 14.8 Å². The van der Waals surface area contributed by atoms with Crippen molar-refractivity contribution >= 4 is 23.6 Å². The van der Waals surface area contributed by atoms with E-state index in [0.717, 1.165) is 0 Å². The van der Waals surface area contributed by atoms with Crippen LogP contribution in [0.1, 0.15) is 51.4 Å². The fraction of sp³-hybridized carbons (Fsp3) is 0.500. The van der Waals surface area contributed by atoms with Gasteiger partial charge in [0, 0.05) is 37.2 Å². The molecule has 1 aromatic carbocycles. The predicted molar refractivity (Wildman–Crippen MR) is 139 cm³/mol. The van der Waals surface area contributed by atoms with E-state index in [2.05, 4.69) is 4.98 Å². The summed E-state index contributed by atoms with van der Waals surface area (Å²) in [6, 6.07) is 5.06. The molecular weight excluding hydrogens is 510 g/mol. The maximum Gasteiger partial charge on any atom is 0.410 e. The van der Waals surface area contributed by atoms with Crippen molar-refractivity contribution in [1.29, 1.82) is 0 Å². The number of fused-ring (bicyclic) bond motifs is 2. The lowest BCUT2D eigenvalue weighted by molar-refractivity contribution is -0.116. The van der Waals surface area contributed by atoms with E-state index in [-0.39, 0.29) is 73.4 Å². The van der Waals surface area contributed by atoms with Crippen LogP contribution in [0.2, 0.25) is 0 Å². The van der Waals surface area contributed by atoms with Crippen LogP contribution in [0.25, 0.3) is 11.3 Å². The summed E-state index contributed by atoms with van der Waals surface area (Å²) in [4.78, 5) is 48.4. The number of ketones is 1. The first-order valence-electron chi connectivity index (χ1n) is 13.0. The minimum absolute atomic E-state index is 0.0298. The van der Waals surface area contributed by atoms with Crippen LogP contribution >= 0.6 is 0 Å². The number of ether oxygens (including phenoxy) is 2. The summed E-state index contributed by atoms with van der Waals surface area (Å²) < 4.78 is 42.3. The van der Waals surface area contributed by atoms with Gasteiger partial charge in [0.05, 0.1) is 12.6 Å². The first kappa shape index (κ1) is 26.8. The molecule has 0 saturated carbocycles. The smallest absolute Gasteiger partial charge is 0.410 e. The number of aromatic nitrogens is 1. The van der Waals surface area contributed by atoms with Crippen molar-refractivity contribution in [2.24, 2.45) is 0 Å². The van der Waals surface area contributed by atoms with Crippen LogP contribution in [0.3, 0.4) is 0 Å². The van der Waals surface area contributed by atoms with Crippen LogP contribution < -0.4 is 9.64 Å². The molecule has 39 heavy (non-hydrogen) atoms. The van der Waals surface area contributed by atoms with Crippen molar-refractivity contribution in [2.75, 3.05) is 37.7 Å². The Morgan fingerprint density at radius 2 is 1.87 bits per heavy atom. The van der Waals surface area contributed by atoms with Gasteiger partial charge >= 0.3 is 6.09 Å². The molecule has 0 radical (unpaired) electrons. The lowest BCUT2D eigenvalue weighted by Crippen LogP contribution is -2.58. The summed E-state index contributed by atoms with van der Waals surface area (Å²) in [5.41, 5.74) is -1.91. The van der Waals surface area contributed by atoms with Gasteiger partial charge in [-0.2, -0.15) is 0 Å². The molecule has 3 aliphatic heterocycles. The van der Waals surface area contributed by atoms with Crippen LogP contribution in [-0.2, 0) is 9.53 Å². The molecule has 0 bridgehead atoms. The predicted octanol–water partition coefficient (Wildman–Crippen LogP) is 4.04. The second-order valence-electron chi connectivity index (χ2n) is 11.8. The summed E-state index contributed by atoms with van der Waals surface area (Å²) in [6.45, 7) is 9.37. The van der Waals surface area contributed by atoms with E-state index >= 15 is 4.39 Å². The molecule has 2 aromatic rings. The average molecular weight is 543 g/mol. The van der Waals surface area contributed by atoms with Crippen LogP contribution in [0, 0.1) is 11.6 Å². The van der Waals surface area contributed by atoms with E-state index in [1.165, 1.54) is 23.1 Å². The zero-order valence-corrected chi connectivity index (χ0v) is 22.7. The van der Waals surface area contributed by atoms with Gasteiger partial charge in [-0.25, -0.2) is 18.6 Å². The Balaban J connectivity index is 1.60. The maximum absolute atomic E-state index is 16.1. The van der Waals surface area contributed by atoms with E-state index in [4.69, 9.17) is 9.47 Å². The number of hydrogen-bond donors (Lipinski definition) is 0. The molecule has 0 aliphatic carbocycles. The average Bonchev–Trinajstić information content (AvgIpc) is 3.03. The number of halogens is 2. The number of pyridine rings is 1. The van der Waals surface area contributed by atoms with Crippen molar-refractivity contribution in [3.05, 3.63) is 41.5 Å². The first-order valence-corrected chi connectivity index (χ1v) is 13.0. The molecule has 9 nitrogen and oxygen atoms in total. The van der Waals surface area contributed by atoms with Crippen LogP contribution in [0.15, 0.2) is 24.3 Å². The molecule has 0 spiro atoms. The molecule has 2 fully saturated rings. The third kappa shape index (κ3) is 4.90. The molecule has 3 aliphatic rings. The maximum atomic E-state index is 16.1. The number of carbonyl (C=O) groups is 3. The quantitative estimate of drug-likeness (QED) is 0.566. The number of Topliss-reactive ketones (excluding diaryl/α,β-unsaturated/α-hetero) is 1. The van der Waals surface area contributed by atoms with Gasteiger partial charge in [-0.05, 0) is 46.8 Å². The highest BCUT2D eigenvalue weighted by Crippen LogP contribution is 2.43. The topological polar surface area (TPSA) is 92.3 Å². The normalized spacial score (nSPS) is 20.8. The number of piperazine rings is 1. The Bertz CT molecular complexity index is 1360. The molecule has 208 valence electrons. The molecule has 11 heteroatoms. The van der Waals surface area contributed by atoms with Crippen molar-refractivity contribution < 1.29 is 32.6 Å². The number of nitrogens with zero attached hydrogens (tertiary/aromatic N) is 4. The lowest BCUT2D eigenvalue weighted by Gasteiger charge is -2.40. The van der Waals surface area contributed by atoms with Crippen molar-refractivity contribution in [3.8, 4) is 17.0 Å². The largest absolute Gasteiger partial charge is 0.487 e. The number of anilines is 1. The van der Waals surface area contributed by atoms with Gasteiger partial charge < -0.3 is 24.2 Å². The highest BCUT2D eigenvalue weighted by molar-refractivity contribution is 6.04. The van der Waals surface area contributed by atoms with E-state index in [1.807, 2.05) is 13.8 Å². The van der Waals surface area contributed by atoms with Gasteiger partial charge in [-0.1, -0.05) is 12.1 Å². The summed E-state index contributed by atoms with van der Waals surface area (Å²) in [5.74, 6) is -2.49. The summed E-state index contributed by atoms with van der Waals surface area (Å²) in [5, 5.41) is 0. The number of carbonyl (C=O) groups excluding carboxylic acids is 3. The first-order chi connectivity index (χ1) is 18.3. The molecule has 2 amide bonds. The molecule has 2 saturated heterocycles. The second-order valence-corrected chi connectivity index (χ2v) is 11.8. The molecule has 0 unspecified atom stereocenters. The monoisotopic (exact) mass is 542 g/mol. The standard InChI is InChI=1S/C28H32F2N4O5/c1-27(2,3)39-26(37)32-10-11-33-16(13-32)15-38-23-20(25(33)36)24(34-14-17(35)12-28(34,4)5)31-22(21(23)30)18-8-6-7-9-19(18)29/h6-9,16H,10-15H2,1-5H3/t16-/m1/s1. The van der Waals surface area contributed by atoms with E-state index < -0.39 is 40.8 Å². The molecule has 0 N–H and O–H groups in total. The molecular formula is C28H32F2N4O5. The van der Waals surface area contributed by atoms with E-state index in [1.54, 1.807) is 36.6 Å². The number of benzene rings is 1. The van der Waals surface area contributed by atoms with Crippen LogP contribution in [-0.4, -0.2) is 82.5 Å². The minimum Gasteiger partial charge on any atom is -0.487 e. The minimum atomic E-state index is -0.959. The summed E-state index contributed by atoms with van der Waals surface area (Å²) >= 11 is 0. The van der Waals surface area contributed by atoms with Crippen LogP contribution in [0.4, 0.5) is 19.4 Å². The van der Waals surface area contributed by atoms with Crippen molar-refractivity contribution in [2.45, 2.75) is 58.2 Å². The zero-order chi connectivity index (χ0) is 28.3. The van der Waals surface area contributed by atoms with E-state index in [9.17, 15) is 18.8 Å². The number of rotatable bonds is 2. The Kier molecular flexibility index (Phi) is 6.51. The van der Waals surface area contributed by atoms with Gasteiger partial charge in [-0.15, -0.1) is 0 Å². The third-order valence-corrected chi connectivity index (χ3v) is 7.18. The Labute approximate surface area is 225 Å². The Hall–Kier alpha value is -3.76. The van der Waals surface area contributed by atoms with Gasteiger partial charge in [-0.3, -0.25) is 9.59 Å².